The average molecular weight is 416 g/mol. The number of rotatable bonds is 6. The molecule has 0 spiro atoms. The van der Waals surface area contributed by atoms with Crippen molar-refractivity contribution in [3.05, 3.63) is 50.6 Å². The second kappa shape index (κ2) is 7.97. The Morgan fingerprint density at radius 3 is 3.07 bits per heavy atom. The lowest BCUT2D eigenvalue weighted by molar-refractivity contribution is -0.118. The molecule has 0 radical (unpaired) electrons. The minimum absolute atomic E-state index is 0.0105. The first-order chi connectivity index (χ1) is 13.6. The number of ether oxygens (including phenoxy) is 1. The van der Waals surface area contributed by atoms with E-state index in [1.165, 1.54) is 22.2 Å². The van der Waals surface area contributed by atoms with Gasteiger partial charge in [-0.3, -0.25) is 14.2 Å². The van der Waals surface area contributed by atoms with Crippen LogP contribution in [0.1, 0.15) is 22.4 Å². The van der Waals surface area contributed by atoms with E-state index in [-0.39, 0.29) is 17.2 Å². The first kappa shape index (κ1) is 19.0. The molecule has 8 heteroatoms. The first-order valence-electron chi connectivity index (χ1n) is 9.10. The number of aryl methyl sites for hydroxylation is 2. The Kier molecular flexibility index (Phi) is 5.41. The van der Waals surface area contributed by atoms with Crippen molar-refractivity contribution >= 4 is 39.2 Å². The maximum atomic E-state index is 12.8. The van der Waals surface area contributed by atoms with Crippen LogP contribution in [0.4, 0.5) is 0 Å². The van der Waals surface area contributed by atoms with Gasteiger partial charge in [0.15, 0.2) is 5.16 Å². The number of nitrogens with zero attached hydrogens (tertiary/aromatic N) is 2. The fraction of sp³-hybridized carbons (Fsp3) is 0.350. The number of thiophene rings is 1. The number of amides is 1. The highest BCUT2D eigenvalue weighted by Crippen LogP contribution is 2.35. The van der Waals surface area contributed by atoms with Gasteiger partial charge in [-0.25, -0.2) is 4.98 Å². The lowest BCUT2D eigenvalue weighted by Crippen LogP contribution is -2.26. The Balaban J connectivity index is 1.43. The molecule has 0 saturated carbocycles. The summed E-state index contributed by atoms with van der Waals surface area (Å²) in [5, 5.41) is 4.24. The van der Waals surface area contributed by atoms with Crippen LogP contribution in [0.2, 0.25) is 0 Å². The predicted molar refractivity (Wildman–Crippen MR) is 112 cm³/mol. The van der Waals surface area contributed by atoms with E-state index in [2.05, 4.69) is 10.3 Å². The second-order valence-electron chi connectivity index (χ2n) is 6.71. The van der Waals surface area contributed by atoms with Crippen LogP contribution in [0.15, 0.2) is 34.2 Å². The van der Waals surface area contributed by atoms with Crippen LogP contribution in [-0.4, -0.2) is 28.3 Å². The molecule has 1 aliphatic rings. The Morgan fingerprint density at radius 1 is 1.39 bits per heavy atom. The molecule has 146 valence electrons. The van der Waals surface area contributed by atoms with Gasteiger partial charge in [0.25, 0.3) is 5.56 Å². The number of aromatic nitrogens is 2. The van der Waals surface area contributed by atoms with Crippen molar-refractivity contribution < 1.29 is 9.53 Å². The zero-order chi connectivity index (χ0) is 19.7. The topological polar surface area (TPSA) is 73.2 Å². The van der Waals surface area contributed by atoms with Crippen LogP contribution < -0.4 is 15.6 Å². The summed E-state index contributed by atoms with van der Waals surface area (Å²) in [5.41, 5.74) is 2.14. The van der Waals surface area contributed by atoms with E-state index in [0.717, 1.165) is 40.8 Å². The SMILES string of the molecule is COc1cccc(CNC(=O)CSc2nc3sc4c(c3c(=O)n2C)CCC4)c1. The van der Waals surface area contributed by atoms with E-state index < -0.39 is 0 Å². The Bertz CT molecular complexity index is 1100. The Labute approximate surface area is 170 Å². The van der Waals surface area contributed by atoms with Crippen molar-refractivity contribution in [3.8, 4) is 5.75 Å². The average Bonchev–Trinajstić information content (AvgIpc) is 3.29. The number of hydrogen-bond donors (Lipinski definition) is 1. The fourth-order valence-corrected chi connectivity index (χ4v) is 5.50. The number of carbonyl (C=O) groups is 1. The quantitative estimate of drug-likeness (QED) is 0.495. The number of benzene rings is 1. The minimum atomic E-state index is -0.101. The van der Waals surface area contributed by atoms with E-state index in [9.17, 15) is 9.59 Å². The molecule has 6 nitrogen and oxygen atoms in total. The van der Waals surface area contributed by atoms with Crippen LogP contribution >= 0.6 is 23.1 Å². The van der Waals surface area contributed by atoms with Gasteiger partial charge in [-0.2, -0.15) is 0 Å². The standard InChI is InChI=1S/C20H21N3O3S2/c1-23-19(25)17-14-7-4-8-15(14)28-18(17)22-20(23)27-11-16(24)21-10-12-5-3-6-13(9-12)26-2/h3,5-6,9H,4,7-8,10-11H2,1-2H3,(H,21,24). The molecule has 0 atom stereocenters. The van der Waals surface area contributed by atoms with Gasteiger partial charge < -0.3 is 10.1 Å². The summed E-state index contributed by atoms with van der Waals surface area (Å²) < 4.78 is 6.76. The van der Waals surface area contributed by atoms with Gasteiger partial charge in [0.1, 0.15) is 10.6 Å². The van der Waals surface area contributed by atoms with E-state index in [1.54, 1.807) is 30.1 Å². The van der Waals surface area contributed by atoms with Crippen molar-refractivity contribution in [2.24, 2.45) is 7.05 Å². The molecule has 0 aliphatic heterocycles. The van der Waals surface area contributed by atoms with Gasteiger partial charge in [0, 0.05) is 18.5 Å². The van der Waals surface area contributed by atoms with Gasteiger partial charge in [0.2, 0.25) is 5.91 Å². The molecule has 0 fully saturated rings. The monoisotopic (exact) mass is 415 g/mol. The van der Waals surface area contributed by atoms with Gasteiger partial charge in [-0.1, -0.05) is 23.9 Å². The normalized spacial score (nSPS) is 12.9. The number of nitrogens with one attached hydrogen (secondary N) is 1. The Hall–Kier alpha value is -2.32. The summed E-state index contributed by atoms with van der Waals surface area (Å²) in [5.74, 6) is 0.869. The van der Waals surface area contributed by atoms with Crippen molar-refractivity contribution in [3.63, 3.8) is 0 Å². The molecule has 4 rings (SSSR count). The summed E-state index contributed by atoms with van der Waals surface area (Å²) in [6.45, 7) is 0.430. The highest BCUT2D eigenvalue weighted by molar-refractivity contribution is 7.99. The molecule has 3 aromatic rings. The number of fused-ring (bicyclic) bond motifs is 3. The summed E-state index contributed by atoms with van der Waals surface area (Å²) in [7, 11) is 3.34. The van der Waals surface area contributed by atoms with Crippen LogP contribution in [0.3, 0.4) is 0 Å². The number of methoxy groups -OCH3 is 1. The third kappa shape index (κ3) is 3.66. The van der Waals surface area contributed by atoms with Crippen molar-refractivity contribution in [1.29, 1.82) is 0 Å². The zero-order valence-electron chi connectivity index (χ0n) is 15.8. The van der Waals surface area contributed by atoms with Crippen LogP contribution in [0, 0.1) is 0 Å². The molecule has 2 heterocycles. The minimum Gasteiger partial charge on any atom is -0.497 e. The first-order valence-corrected chi connectivity index (χ1v) is 10.9. The zero-order valence-corrected chi connectivity index (χ0v) is 17.4. The highest BCUT2D eigenvalue weighted by Gasteiger charge is 2.22. The largest absolute Gasteiger partial charge is 0.497 e. The number of hydrogen-bond acceptors (Lipinski definition) is 6. The molecule has 0 bridgehead atoms. The molecule has 28 heavy (non-hydrogen) atoms. The maximum absolute atomic E-state index is 12.8. The van der Waals surface area contributed by atoms with Crippen molar-refractivity contribution in [2.45, 2.75) is 31.0 Å². The summed E-state index contributed by atoms with van der Waals surface area (Å²) in [6.07, 6.45) is 3.12. The molecule has 0 saturated heterocycles. The molecule has 1 amide bonds. The maximum Gasteiger partial charge on any atom is 0.262 e. The summed E-state index contributed by atoms with van der Waals surface area (Å²) in [4.78, 5) is 31.8. The van der Waals surface area contributed by atoms with E-state index >= 15 is 0 Å². The lowest BCUT2D eigenvalue weighted by Gasteiger charge is -2.09. The number of carbonyl (C=O) groups excluding carboxylic acids is 1. The molecule has 1 aromatic carbocycles. The van der Waals surface area contributed by atoms with Crippen LogP contribution in [0.5, 0.6) is 5.75 Å². The molecular formula is C20H21N3O3S2. The highest BCUT2D eigenvalue weighted by atomic mass is 32.2. The van der Waals surface area contributed by atoms with Gasteiger partial charge in [-0.15, -0.1) is 11.3 Å². The molecule has 0 unspecified atom stereocenters. The van der Waals surface area contributed by atoms with Crippen molar-refractivity contribution in [2.75, 3.05) is 12.9 Å². The van der Waals surface area contributed by atoms with Gasteiger partial charge >= 0.3 is 0 Å². The van der Waals surface area contributed by atoms with E-state index in [0.29, 0.717) is 11.7 Å². The molecule has 1 aliphatic carbocycles. The molecule has 2 aromatic heterocycles. The molecule has 1 N–H and O–H groups in total. The Morgan fingerprint density at radius 2 is 2.25 bits per heavy atom. The van der Waals surface area contributed by atoms with Crippen molar-refractivity contribution in [1.82, 2.24) is 14.9 Å². The third-order valence-corrected chi connectivity index (χ3v) is 7.08. The van der Waals surface area contributed by atoms with Gasteiger partial charge in [0.05, 0.1) is 18.2 Å². The van der Waals surface area contributed by atoms with E-state index in [4.69, 9.17) is 4.74 Å². The fourth-order valence-electron chi connectivity index (χ4n) is 3.40. The van der Waals surface area contributed by atoms with Crippen LogP contribution in [0.25, 0.3) is 10.2 Å². The third-order valence-electron chi connectivity index (χ3n) is 4.86. The van der Waals surface area contributed by atoms with Crippen LogP contribution in [-0.2, 0) is 31.2 Å². The lowest BCUT2D eigenvalue weighted by atomic mass is 10.2. The van der Waals surface area contributed by atoms with E-state index in [1.807, 2.05) is 24.3 Å². The molecular weight excluding hydrogens is 394 g/mol. The summed E-state index contributed by atoms with van der Waals surface area (Å²) >= 11 is 2.91. The summed E-state index contributed by atoms with van der Waals surface area (Å²) in [6, 6.07) is 7.58. The number of thioether (sulfide) groups is 1. The van der Waals surface area contributed by atoms with Gasteiger partial charge in [-0.05, 0) is 42.5 Å². The second-order valence-corrected chi connectivity index (χ2v) is 8.74. The predicted octanol–water partition coefficient (Wildman–Crippen LogP) is 2.90. The smallest absolute Gasteiger partial charge is 0.262 e.